The van der Waals surface area contributed by atoms with Gasteiger partial charge in [0.1, 0.15) is 30.2 Å². The minimum atomic E-state index is -3.75. The minimum Gasteiger partial charge on any atom is -0.549 e. The van der Waals surface area contributed by atoms with E-state index < -0.39 is 196 Å². The number of hydrogen-bond donors (Lipinski definition) is 13. The number of carbonyl (C=O) groups excluding carboxylic acids is 10. The van der Waals surface area contributed by atoms with E-state index in [0.717, 1.165) is 0 Å². The van der Waals surface area contributed by atoms with Crippen molar-refractivity contribution in [2.45, 2.75) is 152 Å². The van der Waals surface area contributed by atoms with Gasteiger partial charge in [0.25, 0.3) is 14.3 Å². The zero-order valence-electron chi connectivity index (χ0n) is 55.3. The summed E-state index contributed by atoms with van der Waals surface area (Å²) in [6.45, 7) is 7.97. The molecule has 8 amide bonds. The molecule has 0 spiro atoms. The van der Waals surface area contributed by atoms with Gasteiger partial charge in [-0.25, -0.2) is 24.0 Å². The van der Waals surface area contributed by atoms with Gasteiger partial charge in [0.15, 0.2) is 0 Å². The van der Waals surface area contributed by atoms with Gasteiger partial charge >= 0.3 is 35.9 Å². The number of unbranched alkanes of at least 4 members (excludes halogenated alkanes) is 1. The Morgan fingerprint density at radius 1 is 0.443 bits per heavy atom. The first-order valence-electron chi connectivity index (χ1n) is 31.4. The van der Waals surface area contributed by atoms with Crippen molar-refractivity contribution in [3.8, 4) is 0 Å². The fourth-order valence-electron chi connectivity index (χ4n) is 10.7. The maximum absolute atomic E-state index is 17.1. The second-order valence-electron chi connectivity index (χ2n) is 25.4. The molecule has 0 unspecified atom stereocenters. The molecule has 1 saturated heterocycles. The monoisotopic (exact) mass is 1400 g/mol. The SMILES string of the molecule is CC(C)(C)[Si](F)(c1ccc(C(=O)NC[C@H](NC(=O)CN2CCN(CC(=O)[O-])CCN(CC(=O)[O-])CCN(CC(=O)[O-])CC2)C(=O)N[C@@H](CCCCNC(=O)CCC(=O)NCCC[C@H](NC(=O)CC[C@H](NC(=O)N[C@@H](CCC(=O)O)C(=O)O)C(=O)O)C(=O)O)C(=O)O)cc1)C(C)(C)C. The highest BCUT2D eigenvalue weighted by molar-refractivity contribution is 6.90. The van der Waals surface area contributed by atoms with Crippen LogP contribution in [0.25, 0.3) is 0 Å². The molecule has 1 aromatic carbocycles. The number of amides is 8. The van der Waals surface area contributed by atoms with E-state index in [1.165, 1.54) is 43.9 Å². The summed E-state index contributed by atoms with van der Waals surface area (Å²) in [6, 6.07) is -3.53. The average Bonchev–Trinajstić information content (AvgIpc) is 0.749. The molecule has 1 aliphatic rings. The van der Waals surface area contributed by atoms with E-state index in [2.05, 4.69) is 31.9 Å². The second-order valence-corrected chi connectivity index (χ2v) is 30.2. The normalized spacial score (nSPS) is 15.5. The predicted octanol–water partition coefficient (Wildman–Crippen LogP) is -5.95. The van der Waals surface area contributed by atoms with Crippen molar-refractivity contribution in [1.82, 2.24) is 62.1 Å². The van der Waals surface area contributed by atoms with Crippen LogP contribution in [0.1, 0.15) is 123 Å². The van der Waals surface area contributed by atoms with Gasteiger partial charge in [0.2, 0.25) is 29.5 Å². The highest BCUT2D eigenvalue weighted by atomic mass is 28.4. The fraction of sp³-hybridized carbons (Fsp3) is 0.650. The first-order valence-corrected chi connectivity index (χ1v) is 33.3. The number of nitrogens with one attached hydrogen (secondary N) is 8. The lowest BCUT2D eigenvalue weighted by Gasteiger charge is -2.44. The van der Waals surface area contributed by atoms with Gasteiger partial charge in [-0.1, -0.05) is 53.7 Å². The Kier molecular flexibility index (Phi) is 35.8. The van der Waals surface area contributed by atoms with E-state index in [1.807, 2.05) is 52.2 Å². The summed E-state index contributed by atoms with van der Waals surface area (Å²) in [4.78, 5) is 191. The predicted molar refractivity (Wildman–Crippen MR) is 336 cm³/mol. The Bertz CT molecular complexity index is 2870. The van der Waals surface area contributed by atoms with Gasteiger partial charge in [0.05, 0.1) is 24.5 Å². The summed E-state index contributed by atoms with van der Waals surface area (Å²) >= 11 is 0. The van der Waals surface area contributed by atoms with E-state index in [4.69, 9.17) is 5.11 Å². The van der Waals surface area contributed by atoms with Crippen LogP contribution >= 0.6 is 0 Å². The number of aliphatic carboxylic acids is 8. The van der Waals surface area contributed by atoms with Crippen LogP contribution < -0.4 is 63.0 Å². The van der Waals surface area contributed by atoms with Crippen molar-refractivity contribution in [3.63, 3.8) is 0 Å². The smallest absolute Gasteiger partial charge is 0.326 e. The molecule has 0 saturated carbocycles. The number of urea groups is 1. The lowest BCUT2D eigenvalue weighted by atomic mass is 10.1. The third-order valence-corrected chi connectivity index (χ3v) is 20.9. The molecule has 544 valence electrons. The number of rotatable bonds is 40. The number of benzene rings is 1. The highest BCUT2D eigenvalue weighted by Gasteiger charge is 2.56. The van der Waals surface area contributed by atoms with Gasteiger partial charge in [-0.3, -0.25) is 53.2 Å². The molecule has 0 bridgehead atoms. The Labute approximate surface area is 560 Å². The number of nitrogens with zero attached hydrogens (tertiary/aromatic N) is 4. The van der Waals surface area contributed by atoms with Crippen LogP contribution in [0.15, 0.2) is 24.3 Å². The van der Waals surface area contributed by atoms with Gasteiger partial charge in [-0.2, -0.15) is 0 Å². The van der Waals surface area contributed by atoms with Crippen LogP contribution in [0.2, 0.25) is 10.1 Å². The van der Waals surface area contributed by atoms with Crippen molar-refractivity contribution < 1.29 is 117 Å². The van der Waals surface area contributed by atoms with Crippen LogP contribution in [0.4, 0.5) is 8.90 Å². The van der Waals surface area contributed by atoms with Crippen LogP contribution in [0.3, 0.4) is 0 Å². The molecule has 2 rings (SSSR count). The summed E-state index contributed by atoms with van der Waals surface area (Å²) < 4.78 is 17.1. The number of carboxylic acids is 8. The van der Waals surface area contributed by atoms with E-state index in [1.54, 1.807) is 0 Å². The second kappa shape index (κ2) is 41.2. The molecular weight excluding hydrogens is 1300 g/mol. The van der Waals surface area contributed by atoms with E-state index in [0.29, 0.717) is 5.19 Å². The average molecular weight is 1400 g/mol. The van der Waals surface area contributed by atoms with Crippen molar-refractivity contribution in [2.75, 3.05) is 98.2 Å². The molecule has 1 heterocycles. The Hall–Kier alpha value is -8.94. The van der Waals surface area contributed by atoms with E-state index in [9.17, 15) is 108 Å². The first-order chi connectivity index (χ1) is 45.2. The highest BCUT2D eigenvalue weighted by Crippen LogP contribution is 2.51. The third kappa shape index (κ3) is 32.1. The van der Waals surface area contributed by atoms with Gasteiger partial charge in [0, 0.05) is 123 Å². The topological polar surface area (TPSA) is 536 Å². The number of carbonyl (C=O) groups is 15. The summed E-state index contributed by atoms with van der Waals surface area (Å²) in [5.41, 5.74) is 0.0635. The third-order valence-electron chi connectivity index (χ3n) is 15.7. The van der Waals surface area contributed by atoms with Crippen molar-refractivity contribution >= 4 is 103 Å². The minimum absolute atomic E-state index is 0.00482. The van der Waals surface area contributed by atoms with E-state index in [-0.39, 0.29) is 116 Å². The summed E-state index contributed by atoms with van der Waals surface area (Å²) in [6.07, 6.45) is -3.09. The number of hydrogen-bond acceptors (Lipinski definition) is 22. The van der Waals surface area contributed by atoms with Crippen molar-refractivity contribution in [1.29, 1.82) is 0 Å². The Balaban J connectivity index is 2.11. The van der Waals surface area contributed by atoms with Crippen molar-refractivity contribution in [2.24, 2.45) is 0 Å². The lowest BCUT2D eigenvalue weighted by Crippen LogP contribution is -2.58. The summed E-state index contributed by atoms with van der Waals surface area (Å²) in [7, 11) is -3.75. The Morgan fingerprint density at radius 3 is 1.22 bits per heavy atom. The summed E-state index contributed by atoms with van der Waals surface area (Å²) in [5.74, 6) is -16.6. The maximum Gasteiger partial charge on any atom is 0.326 e. The zero-order chi connectivity index (χ0) is 73.4. The van der Waals surface area contributed by atoms with Gasteiger partial charge in [-0.15, -0.1) is 0 Å². The molecule has 37 heteroatoms. The molecule has 35 nitrogen and oxygen atoms in total. The zero-order valence-corrected chi connectivity index (χ0v) is 56.3. The molecule has 1 fully saturated rings. The molecule has 5 atom stereocenters. The molecule has 1 aliphatic heterocycles. The van der Waals surface area contributed by atoms with Crippen molar-refractivity contribution in [3.05, 3.63) is 29.8 Å². The molecule has 0 aliphatic carbocycles. The first kappa shape index (κ1) is 84.1. The standard InChI is InChI=1S/C60H95FN12O23Si/c1-59(2,3)97(61,60(4,5)6)38-14-12-37(13-15-38)52(86)64-32-43(66-47(77)33-70-24-26-71(34-49(80)81)28-30-73(36-51(84)85)31-29-72(27-25-70)35-50(82)83)53(87)67-40(55(90)91)10-7-8-22-62-44(74)19-20-45(75)63-23-9-11-39(54(88)89)65-46(76)18-16-41(56(92)93)68-58(96)69-42(57(94)95)17-21-48(78)79/h12-15,39-43H,7-11,16-36H2,1-6H3,(H,62,74)(H,63,75)(H,64,86)(H,65,76)(H,66,77)(H,67,87)(H,78,79)(H,80,81)(H,82,83)(H,84,85)(H,88,89)(H,90,91)(H,92,93)(H,94,95)(H2,68,69,96)/p-3/t39-,40-,41-,42-,43-/m0/s1. The lowest BCUT2D eigenvalue weighted by molar-refractivity contribution is -0.308. The molecule has 1 aromatic rings. The van der Waals surface area contributed by atoms with E-state index >= 15 is 4.11 Å². The summed E-state index contributed by atoms with van der Waals surface area (Å²) in [5, 5.41) is 100.0. The van der Waals surface area contributed by atoms with Crippen LogP contribution in [0, 0.1) is 0 Å². The van der Waals surface area contributed by atoms with Crippen LogP contribution in [-0.4, -0.2) is 271 Å². The van der Waals surface area contributed by atoms with Crippen LogP contribution in [0.5, 0.6) is 0 Å². The van der Waals surface area contributed by atoms with Gasteiger partial charge in [-0.05, 0) is 72.3 Å². The largest absolute Gasteiger partial charge is 0.549 e. The Morgan fingerprint density at radius 2 is 0.814 bits per heavy atom. The number of carboxylic acid groups (broad SMARTS) is 8. The molecule has 13 N–H and O–H groups in total. The van der Waals surface area contributed by atoms with Crippen LogP contribution in [-0.2, 0) is 62.3 Å². The molecule has 97 heavy (non-hydrogen) atoms. The fourth-order valence-corrected chi connectivity index (χ4v) is 15.3. The quantitative estimate of drug-likeness (QED) is 0.0165. The molecule has 0 aromatic heterocycles. The number of halogens is 1. The van der Waals surface area contributed by atoms with Gasteiger partial charge < -0.3 is 102 Å². The molecule has 0 radical (unpaired) electrons. The maximum atomic E-state index is 17.1. The molecular formula is C60H92FN12O23Si-3.